The first-order valence-corrected chi connectivity index (χ1v) is 8.31. The molecule has 0 radical (unpaired) electrons. The highest BCUT2D eigenvalue weighted by atomic mass is 32.2. The first-order chi connectivity index (χ1) is 9.94. The Morgan fingerprint density at radius 3 is 2.81 bits per heavy atom. The topological polar surface area (TPSA) is 66.4 Å². The third-order valence-corrected chi connectivity index (χ3v) is 4.98. The molecule has 6 heteroatoms. The Hall–Kier alpha value is -1.42. The zero-order valence-electron chi connectivity index (χ0n) is 11.8. The fourth-order valence-corrected chi connectivity index (χ4v) is 3.26. The summed E-state index contributed by atoms with van der Waals surface area (Å²) < 4.78 is 40.4. The smallest absolute Gasteiger partial charge is 0.241 e. The Labute approximate surface area is 124 Å². The summed E-state index contributed by atoms with van der Waals surface area (Å²) >= 11 is 0. The molecule has 0 bridgehead atoms. The van der Waals surface area contributed by atoms with E-state index in [1.807, 2.05) is 0 Å². The van der Waals surface area contributed by atoms with Crippen LogP contribution in [-0.2, 0) is 10.0 Å². The number of hydrogen-bond acceptors (Lipinski definition) is 3. The monoisotopic (exact) mass is 311 g/mol. The molecule has 0 aromatic heterocycles. The molecule has 4 nitrogen and oxygen atoms in total. The van der Waals surface area contributed by atoms with Crippen molar-refractivity contribution in [2.45, 2.75) is 24.7 Å². The Morgan fingerprint density at radius 2 is 2.19 bits per heavy atom. The average Bonchev–Trinajstić information content (AvgIpc) is 3.13. The maximum Gasteiger partial charge on any atom is 0.241 e. The number of aliphatic hydroxyl groups excluding tert-OH is 1. The number of rotatable bonds is 5. The van der Waals surface area contributed by atoms with Crippen LogP contribution in [0.1, 0.15) is 25.3 Å². The van der Waals surface area contributed by atoms with Crippen LogP contribution < -0.4 is 4.72 Å². The molecule has 1 aliphatic rings. The summed E-state index contributed by atoms with van der Waals surface area (Å²) in [4.78, 5) is -0.0253. The lowest BCUT2D eigenvalue weighted by Crippen LogP contribution is -2.27. The van der Waals surface area contributed by atoms with E-state index in [1.165, 1.54) is 6.07 Å². The lowest BCUT2D eigenvalue weighted by atomic mass is 10.2. The van der Waals surface area contributed by atoms with Gasteiger partial charge >= 0.3 is 0 Å². The van der Waals surface area contributed by atoms with Crippen molar-refractivity contribution in [2.24, 2.45) is 11.8 Å². The van der Waals surface area contributed by atoms with Crippen LogP contribution in [0.4, 0.5) is 4.39 Å². The highest BCUT2D eigenvalue weighted by molar-refractivity contribution is 7.89. The van der Waals surface area contributed by atoms with Gasteiger partial charge in [0.25, 0.3) is 0 Å². The van der Waals surface area contributed by atoms with Crippen molar-refractivity contribution in [3.63, 3.8) is 0 Å². The van der Waals surface area contributed by atoms with Gasteiger partial charge in [0.15, 0.2) is 0 Å². The van der Waals surface area contributed by atoms with Crippen LogP contribution in [0.25, 0.3) is 0 Å². The molecule has 0 aliphatic heterocycles. The molecule has 114 valence electrons. The van der Waals surface area contributed by atoms with Crippen molar-refractivity contribution in [1.82, 2.24) is 4.72 Å². The molecule has 2 rings (SSSR count). The second kappa shape index (κ2) is 6.56. The molecule has 1 aromatic carbocycles. The van der Waals surface area contributed by atoms with Crippen molar-refractivity contribution in [3.05, 3.63) is 29.6 Å². The van der Waals surface area contributed by atoms with Crippen molar-refractivity contribution in [3.8, 4) is 11.8 Å². The third kappa shape index (κ3) is 4.27. The van der Waals surface area contributed by atoms with Crippen LogP contribution >= 0.6 is 0 Å². The predicted octanol–water partition coefficient (Wildman–Crippen LogP) is 1.49. The van der Waals surface area contributed by atoms with Crippen molar-refractivity contribution < 1.29 is 17.9 Å². The van der Waals surface area contributed by atoms with Gasteiger partial charge in [0, 0.05) is 18.5 Å². The second-order valence-corrected chi connectivity index (χ2v) is 6.98. The van der Waals surface area contributed by atoms with Crippen LogP contribution in [0.5, 0.6) is 0 Å². The quantitative estimate of drug-likeness (QED) is 0.810. The van der Waals surface area contributed by atoms with Crippen LogP contribution in [0.2, 0.25) is 0 Å². The van der Waals surface area contributed by atoms with Gasteiger partial charge < -0.3 is 5.11 Å². The normalized spacial score (nSPS) is 20.7. The van der Waals surface area contributed by atoms with Crippen molar-refractivity contribution >= 4 is 10.0 Å². The fourth-order valence-electron chi connectivity index (χ4n) is 2.03. The molecule has 21 heavy (non-hydrogen) atoms. The van der Waals surface area contributed by atoms with Crippen LogP contribution in [-0.4, -0.2) is 26.7 Å². The fraction of sp³-hybridized carbons (Fsp3) is 0.467. The van der Waals surface area contributed by atoms with Gasteiger partial charge in [0.05, 0.1) is 11.5 Å². The lowest BCUT2D eigenvalue weighted by molar-refractivity contribution is 0.305. The summed E-state index contributed by atoms with van der Waals surface area (Å²) in [5.74, 6) is 5.60. The molecule has 1 aliphatic carbocycles. The van der Waals surface area contributed by atoms with Crippen LogP contribution in [0, 0.1) is 29.5 Å². The lowest BCUT2D eigenvalue weighted by Gasteiger charge is -2.08. The number of benzene rings is 1. The molecule has 2 atom stereocenters. The zero-order valence-corrected chi connectivity index (χ0v) is 12.6. The van der Waals surface area contributed by atoms with Gasteiger partial charge in [-0.25, -0.2) is 17.5 Å². The molecule has 1 aromatic rings. The number of aliphatic hydroxyl groups is 1. The molecule has 2 unspecified atom stereocenters. The van der Waals surface area contributed by atoms with Gasteiger partial charge in [-0.1, -0.05) is 18.8 Å². The van der Waals surface area contributed by atoms with Gasteiger partial charge in [-0.3, -0.25) is 0 Å². The molecule has 0 heterocycles. The van der Waals surface area contributed by atoms with E-state index in [4.69, 9.17) is 5.11 Å². The largest absolute Gasteiger partial charge is 0.395 e. The minimum atomic E-state index is -3.70. The molecular weight excluding hydrogens is 293 g/mol. The van der Waals surface area contributed by atoms with E-state index < -0.39 is 15.8 Å². The second-order valence-electron chi connectivity index (χ2n) is 5.24. The predicted molar refractivity (Wildman–Crippen MR) is 77.4 cm³/mol. The minimum Gasteiger partial charge on any atom is -0.395 e. The van der Waals surface area contributed by atoms with Crippen molar-refractivity contribution in [1.29, 1.82) is 0 Å². The first-order valence-electron chi connectivity index (χ1n) is 6.83. The summed E-state index contributed by atoms with van der Waals surface area (Å²) in [5, 5.41) is 8.70. The van der Waals surface area contributed by atoms with E-state index in [-0.39, 0.29) is 23.5 Å². The standard InChI is InChI=1S/C15H18FNO3S/c1-11-8-13(11)10-17-21(19,20)15-6-5-14(16)9-12(15)4-2-3-7-18/h5-6,9,11,13,17-18H,3,7-8,10H2,1H3. The molecule has 0 saturated heterocycles. The maximum atomic E-state index is 13.3. The van der Waals surface area contributed by atoms with E-state index in [9.17, 15) is 12.8 Å². The zero-order chi connectivity index (χ0) is 15.5. The minimum absolute atomic E-state index is 0.0253. The molecule has 2 N–H and O–H groups in total. The summed E-state index contributed by atoms with van der Waals surface area (Å²) in [5.41, 5.74) is 0.111. The van der Waals surface area contributed by atoms with E-state index in [0.29, 0.717) is 18.4 Å². The SMILES string of the molecule is CC1CC1CNS(=O)(=O)c1ccc(F)cc1C#CCCO. The Balaban J connectivity index is 2.22. The highest BCUT2D eigenvalue weighted by Gasteiger charge is 2.33. The van der Waals surface area contributed by atoms with Gasteiger partial charge in [-0.05, 0) is 36.5 Å². The number of hydrogen-bond donors (Lipinski definition) is 2. The molecule has 0 amide bonds. The Kier molecular flexibility index (Phi) is 4.99. The summed E-state index contributed by atoms with van der Waals surface area (Å²) in [6, 6.07) is 3.42. The Bertz CT molecular complexity index is 676. The number of halogens is 1. The maximum absolute atomic E-state index is 13.3. The Morgan fingerprint density at radius 1 is 1.48 bits per heavy atom. The van der Waals surface area contributed by atoms with Gasteiger partial charge in [-0.2, -0.15) is 0 Å². The highest BCUT2D eigenvalue weighted by Crippen LogP contribution is 2.37. The van der Waals surface area contributed by atoms with Gasteiger partial charge in [0.2, 0.25) is 10.0 Å². The average molecular weight is 311 g/mol. The van der Waals surface area contributed by atoms with E-state index in [0.717, 1.165) is 18.6 Å². The van der Waals surface area contributed by atoms with E-state index in [2.05, 4.69) is 23.5 Å². The summed E-state index contributed by atoms with van der Waals surface area (Å²) in [7, 11) is -3.70. The summed E-state index contributed by atoms with van der Waals surface area (Å²) in [6.45, 7) is 2.34. The number of sulfonamides is 1. The molecule has 1 saturated carbocycles. The third-order valence-electron chi connectivity index (χ3n) is 3.50. The summed E-state index contributed by atoms with van der Waals surface area (Å²) in [6.07, 6.45) is 1.23. The number of nitrogens with one attached hydrogen (secondary N) is 1. The molecular formula is C15H18FNO3S. The van der Waals surface area contributed by atoms with Crippen LogP contribution in [0.3, 0.4) is 0 Å². The first kappa shape index (κ1) is 16.0. The molecule has 0 spiro atoms. The van der Waals surface area contributed by atoms with Gasteiger partial charge in [-0.15, -0.1) is 0 Å². The van der Waals surface area contributed by atoms with E-state index >= 15 is 0 Å². The molecule has 1 fully saturated rings. The van der Waals surface area contributed by atoms with Gasteiger partial charge in [0.1, 0.15) is 5.82 Å². The van der Waals surface area contributed by atoms with Crippen molar-refractivity contribution in [2.75, 3.05) is 13.2 Å². The van der Waals surface area contributed by atoms with E-state index in [1.54, 1.807) is 0 Å². The van der Waals surface area contributed by atoms with Crippen LogP contribution in [0.15, 0.2) is 23.1 Å².